The van der Waals surface area contributed by atoms with Crippen molar-refractivity contribution in [2.24, 2.45) is 0 Å². The summed E-state index contributed by atoms with van der Waals surface area (Å²) in [6.07, 6.45) is 1.54. The molecule has 1 atom stereocenters. The zero-order valence-corrected chi connectivity index (χ0v) is 16.6. The van der Waals surface area contributed by atoms with Crippen LogP contribution < -0.4 is 10.5 Å². The normalized spacial score (nSPS) is 11.8. The Balaban J connectivity index is 1.84. The first kappa shape index (κ1) is 19.6. The van der Waals surface area contributed by atoms with E-state index in [1.54, 1.807) is 30.5 Å². The van der Waals surface area contributed by atoms with E-state index in [9.17, 15) is 9.18 Å². The molecule has 2 aromatic heterocycles. The summed E-state index contributed by atoms with van der Waals surface area (Å²) in [7, 11) is 0. The molecule has 0 saturated heterocycles. The van der Waals surface area contributed by atoms with E-state index < -0.39 is 11.5 Å². The van der Waals surface area contributed by atoms with Gasteiger partial charge < -0.3 is 4.90 Å². The highest BCUT2D eigenvalue weighted by Crippen LogP contribution is 2.27. The minimum Gasteiger partial charge on any atom is -0.356 e. The fraction of sp³-hybridized carbons (Fsp3) is 0.120. The van der Waals surface area contributed by atoms with E-state index in [0.717, 1.165) is 15.7 Å². The third-order valence-electron chi connectivity index (χ3n) is 5.15. The van der Waals surface area contributed by atoms with Crippen LogP contribution in [-0.4, -0.2) is 9.55 Å². The van der Waals surface area contributed by atoms with Crippen LogP contribution in [0.15, 0.2) is 102 Å². The van der Waals surface area contributed by atoms with Gasteiger partial charge >= 0.3 is 0 Å². The summed E-state index contributed by atoms with van der Waals surface area (Å²) in [6.45, 7) is 2.56. The van der Waals surface area contributed by atoms with Crippen LogP contribution in [0.2, 0.25) is 0 Å². The van der Waals surface area contributed by atoms with Crippen molar-refractivity contribution in [1.82, 2.24) is 9.55 Å². The molecule has 2 aromatic carbocycles. The number of hydrogen-bond acceptors (Lipinski definition) is 3. The van der Waals surface area contributed by atoms with Gasteiger partial charge in [0, 0.05) is 12.7 Å². The van der Waals surface area contributed by atoms with Crippen LogP contribution in [-0.2, 0) is 6.54 Å². The van der Waals surface area contributed by atoms with E-state index in [0.29, 0.717) is 12.2 Å². The van der Waals surface area contributed by atoms with Gasteiger partial charge in [-0.3, -0.25) is 4.79 Å². The highest BCUT2D eigenvalue weighted by molar-refractivity contribution is 5.49. The summed E-state index contributed by atoms with van der Waals surface area (Å²) < 4.78 is 15.7. The van der Waals surface area contributed by atoms with Gasteiger partial charge in [-0.2, -0.15) is 4.39 Å². The minimum atomic E-state index is -0.644. The van der Waals surface area contributed by atoms with Crippen molar-refractivity contribution in [3.8, 4) is 5.82 Å². The Morgan fingerprint density at radius 2 is 1.57 bits per heavy atom. The summed E-state index contributed by atoms with van der Waals surface area (Å²) in [6, 6.07) is 27.8. The Morgan fingerprint density at radius 1 is 0.900 bits per heavy atom. The molecule has 4 aromatic rings. The van der Waals surface area contributed by atoms with Gasteiger partial charge in [0.1, 0.15) is 11.5 Å². The molecule has 0 amide bonds. The fourth-order valence-electron chi connectivity index (χ4n) is 3.55. The maximum atomic E-state index is 14.6. The monoisotopic (exact) mass is 399 g/mol. The second-order valence-corrected chi connectivity index (χ2v) is 7.07. The summed E-state index contributed by atoms with van der Waals surface area (Å²) in [5.74, 6) is -0.386. The first-order valence-corrected chi connectivity index (χ1v) is 9.83. The predicted molar refractivity (Wildman–Crippen MR) is 117 cm³/mol. The van der Waals surface area contributed by atoms with Crippen molar-refractivity contribution in [2.75, 3.05) is 4.90 Å². The van der Waals surface area contributed by atoms with E-state index in [-0.39, 0.29) is 11.9 Å². The molecule has 0 radical (unpaired) electrons. The SMILES string of the molecule is CC(c1ccccc1)N(Cc1ccccc1)c1ccc(F)n(-c2ccccn2)c1=O. The lowest BCUT2D eigenvalue weighted by atomic mass is 10.0. The third kappa shape index (κ3) is 4.01. The molecule has 2 heterocycles. The highest BCUT2D eigenvalue weighted by atomic mass is 19.1. The van der Waals surface area contributed by atoms with E-state index in [2.05, 4.69) is 4.98 Å². The topological polar surface area (TPSA) is 38.1 Å². The van der Waals surface area contributed by atoms with E-state index >= 15 is 0 Å². The molecule has 0 N–H and O–H groups in total. The molecule has 0 fully saturated rings. The van der Waals surface area contributed by atoms with Crippen LogP contribution >= 0.6 is 0 Å². The van der Waals surface area contributed by atoms with E-state index in [1.807, 2.05) is 72.5 Å². The number of pyridine rings is 2. The molecule has 0 aliphatic rings. The van der Waals surface area contributed by atoms with Gasteiger partial charge in [-0.25, -0.2) is 9.55 Å². The molecule has 0 spiro atoms. The molecule has 0 bridgehead atoms. The second-order valence-electron chi connectivity index (χ2n) is 7.07. The van der Waals surface area contributed by atoms with Gasteiger partial charge in [0.05, 0.1) is 6.04 Å². The molecular weight excluding hydrogens is 377 g/mol. The number of hydrogen-bond donors (Lipinski definition) is 0. The van der Waals surface area contributed by atoms with Gasteiger partial charge in [0.25, 0.3) is 5.56 Å². The molecule has 4 nitrogen and oxygen atoms in total. The van der Waals surface area contributed by atoms with Crippen LogP contribution in [0, 0.1) is 5.95 Å². The first-order valence-electron chi connectivity index (χ1n) is 9.83. The lowest BCUT2D eigenvalue weighted by molar-refractivity contribution is 0.536. The number of anilines is 1. The smallest absolute Gasteiger partial charge is 0.282 e. The second kappa shape index (κ2) is 8.74. The van der Waals surface area contributed by atoms with Crippen LogP contribution in [0.5, 0.6) is 0 Å². The first-order chi connectivity index (χ1) is 14.6. The van der Waals surface area contributed by atoms with Gasteiger partial charge in [-0.15, -0.1) is 0 Å². The van der Waals surface area contributed by atoms with E-state index in [1.165, 1.54) is 6.07 Å². The number of halogens is 1. The van der Waals surface area contributed by atoms with Crippen molar-refractivity contribution in [3.05, 3.63) is 125 Å². The third-order valence-corrected chi connectivity index (χ3v) is 5.15. The Labute approximate surface area is 174 Å². The number of aromatic nitrogens is 2. The lowest BCUT2D eigenvalue weighted by Crippen LogP contribution is -2.34. The van der Waals surface area contributed by atoms with Crippen molar-refractivity contribution in [1.29, 1.82) is 0 Å². The highest BCUT2D eigenvalue weighted by Gasteiger charge is 2.22. The van der Waals surface area contributed by atoms with Crippen molar-refractivity contribution >= 4 is 5.69 Å². The Hall–Kier alpha value is -3.73. The van der Waals surface area contributed by atoms with E-state index in [4.69, 9.17) is 0 Å². The lowest BCUT2D eigenvalue weighted by Gasteiger charge is -2.31. The van der Waals surface area contributed by atoms with Crippen LogP contribution in [0.1, 0.15) is 24.1 Å². The molecule has 0 aliphatic carbocycles. The maximum absolute atomic E-state index is 14.6. The van der Waals surface area contributed by atoms with Crippen molar-refractivity contribution < 1.29 is 4.39 Å². The standard InChI is InChI=1S/C25H22FN3O/c1-19(21-12-6-3-7-13-21)28(18-20-10-4-2-5-11-20)22-15-16-23(26)29(25(22)30)24-14-8-9-17-27-24/h2-17,19H,18H2,1H3. The zero-order chi connectivity index (χ0) is 20.9. The maximum Gasteiger partial charge on any atom is 0.282 e. The number of benzene rings is 2. The Bertz CT molecular complexity index is 1160. The van der Waals surface area contributed by atoms with Crippen LogP contribution in [0.25, 0.3) is 5.82 Å². The average molecular weight is 399 g/mol. The van der Waals surface area contributed by atoms with Crippen LogP contribution in [0.3, 0.4) is 0 Å². The van der Waals surface area contributed by atoms with Gasteiger partial charge in [-0.1, -0.05) is 66.7 Å². The zero-order valence-electron chi connectivity index (χ0n) is 16.6. The van der Waals surface area contributed by atoms with Crippen LogP contribution in [0.4, 0.5) is 10.1 Å². The molecule has 0 aliphatic heterocycles. The summed E-state index contributed by atoms with van der Waals surface area (Å²) in [5.41, 5.74) is 2.12. The summed E-state index contributed by atoms with van der Waals surface area (Å²) >= 11 is 0. The quantitative estimate of drug-likeness (QED) is 0.422. The Kier molecular flexibility index (Phi) is 5.70. The van der Waals surface area contributed by atoms with Crippen molar-refractivity contribution in [3.63, 3.8) is 0 Å². The number of nitrogens with zero attached hydrogens (tertiary/aromatic N) is 3. The molecule has 4 rings (SSSR count). The molecule has 5 heteroatoms. The predicted octanol–water partition coefficient (Wildman–Crippen LogP) is 5.14. The molecule has 1 unspecified atom stereocenters. The largest absolute Gasteiger partial charge is 0.356 e. The summed E-state index contributed by atoms with van der Waals surface area (Å²) in [4.78, 5) is 19.6. The average Bonchev–Trinajstić information content (AvgIpc) is 2.80. The van der Waals surface area contributed by atoms with Gasteiger partial charge in [-0.05, 0) is 42.3 Å². The van der Waals surface area contributed by atoms with Gasteiger partial charge in [0.15, 0.2) is 0 Å². The number of rotatable bonds is 6. The molecular formula is C25H22FN3O. The Morgan fingerprint density at radius 3 is 2.23 bits per heavy atom. The van der Waals surface area contributed by atoms with Crippen molar-refractivity contribution in [2.45, 2.75) is 19.5 Å². The van der Waals surface area contributed by atoms with Gasteiger partial charge in [0.2, 0.25) is 5.95 Å². The fourth-order valence-corrected chi connectivity index (χ4v) is 3.55. The summed E-state index contributed by atoms with van der Waals surface area (Å²) in [5, 5.41) is 0. The molecule has 30 heavy (non-hydrogen) atoms. The minimum absolute atomic E-state index is 0.0956. The molecule has 0 saturated carbocycles. The molecule has 150 valence electrons.